The van der Waals surface area contributed by atoms with Gasteiger partial charge in [0.15, 0.2) is 0 Å². The van der Waals surface area contributed by atoms with Crippen LogP contribution in [0.15, 0.2) is 0 Å². The highest BCUT2D eigenvalue weighted by Gasteiger charge is 2.20. The molecule has 0 aliphatic heterocycles. The van der Waals surface area contributed by atoms with Crippen molar-refractivity contribution in [2.24, 2.45) is 5.84 Å². The second-order valence-electron chi connectivity index (χ2n) is 3.55. The van der Waals surface area contributed by atoms with E-state index in [4.69, 9.17) is 5.84 Å². The van der Waals surface area contributed by atoms with Gasteiger partial charge < -0.3 is 0 Å². The third-order valence-electron chi connectivity index (χ3n) is 2.46. The van der Waals surface area contributed by atoms with Gasteiger partial charge in [-0.25, -0.2) is 5.84 Å². The van der Waals surface area contributed by atoms with Crippen molar-refractivity contribution >= 4 is 17.7 Å². The largest absolute Gasteiger partial charge is 0.293 e. The lowest BCUT2D eigenvalue weighted by atomic mass is 10.0. The molecule has 0 aromatic carbocycles. The molecule has 0 spiro atoms. The van der Waals surface area contributed by atoms with E-state index in [0.717, 1.165) is 0 Å². The average molecular weight is 202 g/mol. The fourth-order valence-corrected chi connectivity index (χ4v) is 3.04. The van der Waals surface area contributed by atoms with Crippen LogP contribution in [-0.4, -0.2) is 16.4 Å². The van der Waals surface area contributed by atoms with Crippen molar-refractivity contribution in [2.45, 2.75) is 49.5 Å². The fourth-order valence-electron chi connectivity index (χ4n) is 1.67. The molecule has 1 amide bonds. The number of hydrogen-bond donors (Lipinski definition) is 2. The highest BCUT2D eigenvalue weighted by Crippen LogP contribution is 2.30. The van der Waals surface area contributed by atoms with Crippen LogP contribution in [0.5, 0.6) is 0 Å². The quantitative estimate of drug-likeness (QED) is 0.413. The van der Waals surface area contributed by atoms with E-state index in [0.29, 0.717) is 5.25 Å². The molecule has 76 valence electrons. The summed E-state index contributed by atoms with van der Waals surface area (Å²) in [7, 11) is 0. The van der Waals surface area contributed by atoms with E-state index in [1.165, 1.54) is 32.1 Å². The zero-order chi connectivity index (χ0) is 9.68. The molecule has 1 aliphatic carbocycles. The second kappa shape index (κ2) is 5.50. The first kappa shape index (κ1) is 10.9. The van der Waals surface area contributed by atoms with Gasteiger partial charge in [0.2, 0.25) is 5.91 Å². The number of carbonyl (C=O) groups excluding carboxylic acids is 1. The number of hydrogen-bond acceptors (Lipinski definition) is 3. The molecular formula is C9H18N2OS. The Kier molecular flexibility index (Phi) is 4.59. The Morgan fingerprint density at radius 2 is 2.08 bits per heavy atom. The number of hydrazine groups is 1. The standard InChI is InChI=1S/C9H18N2OS/c1-7(9(12)11-10)13-8-5-3-2-4-6-8/h7-8H,2-6,10H2,1H3,(H,11,12). The first-order valence-corrected chi connectivity index (χ1v) is 5.84. The Balaban J connectivity index is 2.25. The summed E-state index contributed by atoms with van der Waals surface area (Å²) in [6.07, 6.45) is 6.50. The summed E-state index contributed by atoms with van der Waals surface area (Å²) < 4.78 is 0. The van der Waals surface area contributed by atoms with E-state index in [-0.39, 0.29) is 11.2 Å². The van der Waals surface area contributed by atoms with Gasteiger partial charge in [0.05, 0.1) is 5.25 Å². The topological polar surface area (TPSA) is 55.1 Å². The molecule has 1 saturated carbocycles. The van der Waals surface area contributed by atoms with Gasteiger partial charge in [-0.15, -0.1) is 11.8 Å². The average Bonchev–Trinajstić information content (AvgIpc) is 2.18. The normalized spacial score (nSPS) is 21.1. The van der Waals surface area contributed by atoms with E-state index in [2.05, 4.69) is 5.43 Å². The summed E-state index contributed by atoms with van der Waals surface area (Å²) in [5.74, 6) is 5.01. The molecule has 1 rings (SSSR count). The van der Waals surface area contributed by atoms with Gasteiger partial charge in [0.25, 0.3) is 0 Å². The van der Waals surface area contributed by atoms with Crippen molar-refractivity contribution < 1.29 is 4.79 Å². The second-order valence-corrected chi connectivity index (χ2v) is 5.19. The lowest BCUT2D eigenvalue weighted by Crippen LogP contribution is -2.37. The summed E-state index contributed by atoms with van der Waals surface area (Å²) in [5.41, 5.74) is 2.19. The molecule has 0 bridgehead atoms. The van der Waals surface area contributed by atoms with Crippen LogP contribution < -0.4 is 11.3 Å². The van der Waals surface area contributed by atoms with Crippen molar-refractivity contribution in [1.29, 1.82) is 0 Å². The number of thioether (sulfide) groups is 1. The van der Waals surface area contributed by atoms with E-state index in [9.17, 15) is 4.79 Å². The number of nitrogens with two attached hydrogens (primary N) is 1. The van der Waals surface area contributed by atoms with Gasteiger partial charge in [0.1, 0.15) is 0 Å². The van der Waals surface area contributed by atoms with Crippen molar-refractivity contribution in [1.82, 2.24) is 5.43 Å². The Morgan fingerprint density at radius 1 is 1.46 bits per heavy atom. The predicted molar refractivity (Wildman–Crippen MR) is 56.3 cm³/mol. The van der Waals surface area contributed by atoms with Crippen molar-refractivity contribution in [2.75, 3.05) is 0 Å². The first-order valence-electron chi connectivity index (χ1n) is 4.90. The lowest BCUT2D eigenvalue weighted by molar-refractivity contribution is -0.120. The van der Waals surface area contributed by atoms with Crippen LogP contribution in [0.25, 0.3) is 0 Å². The van der Waals surface area contributed by atoms with Crippen LogP contribution in [0, 0.1) is 0 Å². The Labute approximate surface area is 83.8 Å². The van der Waals surface area contributed by atoms with Gasteiger partial charge in [-0.3, -0.25) is 10.2 Å². The Bertz CT molecular complexity index is 169. The summed E-state index contributed by atoms with van der Waals surface area (Å²) in [4.78, 5) is 11.1. The maximum Gasteiger partial charge on any atom is 0.246 e. The highest BCUT2D eigenvalue weighted by molar-refractivity contribution is 8.01. The van der Waals surface area contributed by atoms with Gasteiger partial charge in [0, 0.05) is 5.25 Å². The molecule has 0 saturated heterocycles. The molecule has 3 N–H and O–H groups in total. The first-order chi connectivity index (χ1) is 6.24. The number of amides is 1. The number of carbonyl (C=O) groups is 1. The van der Waals surface area contributed by atoms with Crippen LogP contribution in [0.2, 0.25) is 0 Å². The zero-order valence-corrected chi connectivity index (χ0v) is 8.90. The molecule has 4 heteroatoms. The molecule has 13 heavy (non-hydrogen) atoms. The van der Waals surface area contributed by atoms with Crippen molar-refractivity contribution in [3.05, 3.63) is 0 Å². The molecule has 0 aromatic heterocycles. The fraction of sp³-hybridized carbons (Fsp3) is 0.889. The molecule has 1 fully saturated rings. The SMILES string of the molecule is CC(SC1CCCCC1)C(=O)NN. The molecule has 3 nitrogen and oxygen atoms in total. The van der Waals surface area contributed by atoms with Crippen LogP contribution in [0.1, 0.15) is 39.0 Å². The maximum absolute atomic E-state index is 11.1. The van der Waals surface area contributed by atoms with Gasteiger partial charge in [-0.2, -0.15) is 0 Å². The van der Waals surface area contributed by atoms with Crippen molar-refractivity contribution in [3.63, 3.8) is 0 Å². The van der Waals surface area contributed by atoms with Crippen LogP contribution >= 0.6 is 11.8 Å². The minimum absolute atomic E-state index is 0.00639. The van der Waals surface area contributed by atoms with Gasteiger partial charge in [-0.05, 0) is 19.8 Å². The van der Waals surface area contributed by atoms with Crippen LogP contribution in [-0.2, 0) is 4.79 Å². The minimum atomic E-state index is -0.0597. The molecule has 0 aromatic rings. The molecule has 0 radical (unpaired) electrons. The van der Waals surface area contributed by atoms with Crippen molar-refractivity contribution in [3.8, 4) is 0 Å². The summed E-state index contributed by atoms with van der Waals surface area (Å²) in [6.45, 7) is 1.92. The molecular weight excluding hydrogens is 184 g/mol. The Hall–Kier alpha value is -0.220. The third-order valence-corrected chi connectivity index (χ3v) is 3.94. The van der Waals surface area contributed by atoms with E-state index < -0.39 is 0 Å². The van der Waals surface area contributed by atoms with E-state index in [1.54, 1.807) is 11.8 Å². The van der Waals surface area contributed by atoms with E-state index in [1.807, 2.05) is 6.92 Å². The minimum Gasteiger partial charge on any atom is -0.293 e. The maximum atomic E-state index is 11.1. The highest BCUT2D eigenvalue weighted by atomic mass is 32.2. The predicted octanol–water partition coefficient (Wildman–Crippen LogP) is 1.43. The molecule has 1 atom stereocenters. The summed E-state index contributed by atoms with van der Waals surface area (Å²) in [5, 5.41) is 0.661. The third kappa shape index (κ3) is 3.56. The lowest BCUT2D eigenvalue weighted by Gasteiger charge is -2.23. The van der Waals surface area contributed by atoms with E-state index >= 15 is 0 Å². The molecule has 1 unspecified atom stereocenters. The zero-order valence-electron chi connectivity index (χ0n) is 8.08. The molecule has 1 aliphatic rings. The Morgan fingerprint density at radius 3 is 2.62 bits per heavy atom. The smallest absolute Gasteiger partial charge is 0.246 e. The number of nitrogens with one attached hydrogen (secondary N) is 1. The van der Waals surface area contributed by atoms with Crippen LogP contribution in [0.4, 0.5) is 0 Å². The van der Waals surface area contributed by atoms with Gasteiger partial charge >= 0.3 is 0 Å². The van der Waals surface area contributed by atoms with Gasteiger partial charge in [-0.1, -0.05) is 19.3 Å². The number of rotatable bonds is 3. The monoisotopic (exact) mass is 202 g/mol. The summed E-state index contributed by atoms with van der Waals surface area (Å²) in [6, 6.07) is 0. The molecule has 0 heterocycles. The van der Waals surface area contributed by atoms with Crippen LogP contribution in [0.3, 0.4) is 0 Å². The summed E-state index contributed by atoms with van der Waals surface area (Å²) >= 11 is 1.76.